The van der Waals surface area contributed by atoms with Gasteiger partial charge in [-0.1, -0.05) is 60.1 Å². The number of aliphatic imine (C=N–C) groups is 1. The molecule has 0 spiro atoms. The quantitative estimate of drug-likeness (QED) is 0.275. The smallest absolute Gasteiger partial charge is 0.326 e. The molecule has 11 heteroatoms. The average Bonchev–Trinajstić information content (AvgIpc) is 3.36. The van der Waals surface area contributed by atoms with Gasteiger partial charge in [0.1, 0.15) is 36.2 Å². The van der Waals surface area contributed by atoms with E-state index >= 15 is 0 Å². The van der Waals surface area contributed by atoms with Gasteiger partial charge in [0.2, 0.25) is 5.91 Å². The Morgan fingerprint density at radius 1 is 1.02 bits per heavy atom. The SMILES string of the molecule is CC(C)(C)Oc1cc(C(=O)CC(=O)O)ccc1C1=NC(c2ccc(Cl)cc2)C(c2ccccc2)N1C(=O)N1CCNC(=O)C1. The van der Waals surface area contributed by atoms with Crippen LogP contribution in [0, 0.1) is 0 Å². The second kappa shape index (κ2) is 12.5. The lowest BCUT2D eigenvalue weighted by atomic mass is 9.93. The molecule has 3 aromatic rings. The first-order valence-corrected chi connectivity index (χ1v) is 14.6. The number of nitrogens with one attached hydrogen (secondary N) is 1. The highest BCUT2D eigenvalue weighted by Gasteiger charge is 2.45. The molecule has 2 unspecified atom stereocenters. The van der Waals surface area contributed by atoms with Crippen molar-refractivity contribution in [1.29, 1.82) is 0 Å². The van der Waals surface area contributed by atoms with Crippen molar-refractivity contribution in [2.24, 2.45) is 4.99 Å². The minimum absolute atomic E-state index is 0.107. The van der Waals surface area contributed by atoms with E-state index in [-0.39, 0.29) is 23.8 Å². The first-order valence-electron chi connectivity index (χ1n) is 14.2. The minimum Gasteiger partial charge on any atom is -0.487 e. The van der Waals surface area contributed by atoms with Gasteiger partial charge in [-0.15, -0.1) is 0 Å². The molecule has 10 nitrogen and oxygen atoms in total. The summed E-state index contributed by atoms with van der Waals surface area (Å²) in [5.41, 5.74) is 1.54. The summed E-state index contributed by atoms with van der Waals surface area (Å²) in [6, 6.07) is 19.9. The molecule has 2 atom stereocenters. The number of carboxylic acid groups (broad SMARTS) is 1. The summed E-state index contributed by atoms with van der Waals surface area (Å²) in [5.74, 6) is -1.51. The van der Waals surface area contributed by atoms with Crippen LogP contribution in [0.25, 0.3) is 0 Å². The molecule has 1 saturated heterocycles. The molecule has 3 amide bonds. The van der Waals surface area contributed by atoms with Gasteiger partial charge in [0.15, 0.2) is 5.78 Å². The number of hydrogen-bond donors (Lipinski definition) is 2. The van der Waals surface area contributed by atoms with Crippen LogP contribution in [-0.2, 0) is 9.59 Å². The number of ketones is 1. The Bertz CT molecular complexity index is 1620. The Morgan fingerprint density at radius 2 is 1.73 bits per heavy atom. The molecule has 5 rings (SSSR count). The Kier molecular flexibility index (Phi) is 8.73. The van der Waals surface area contributed by atoms with Gasteiger partial charge in [0, 0.05) is 23.7 Å². The van der Waals surface area contributed by atoms with E-state index < -0.39 is 41.9 Å². The molecular weight excluding hydrogens is 584 g/mol. The molecule has 0 saturated carbocycles. The molecule has 3 aromatic carbocycles. The maximum atomic E-state index is 14.4. The predicted octanol–water partition coefficient (Wildman–Crippen LogP) is 5.27. The van der Waals surface area contributed by atoms with Gasteiger partial charge in [-0.3, -0.25) is 24.3 Å². The Balaban J connectivity index is 1.71. The van der Waals surface area contributed by atoms with Gasteiger partial charge >= 0.3 is 12.0 Å². The number of amidine groups is 1. The van der Waals surface area contributed by atoms with E-state index in [1.54, 1.807) is 23.1 Å². The number of carbonyl (C=O) groups excluding carboxylic acids is 3. The number of nitrogens with zero attached hydrogens (tertiary/aromatic N) is 3. The van der Waals surface area contributed by atoms with Crippen molar-refractivity contribution < 1.29 is 29.0 Å². The fourth-order valence-corrected chi connectivity index (χ4v) is 5.46. The van der Waals surface area contributed by atoms with Crippen molar-refractivity contribution >= 4 is 41.1 Å². The number of aliphatic carboxylic acids is 1. The zero-order valence-electron chi connectivity index (χ0n) is 24.6. The molecule has 2 aliphatic rings. The van der Waals surface area contributed by atoms with Crippen LogP contribution < -0.4 is 10.1 Å². The Labute approximate surface area is 260 Å². The number of piperazine rings is 1. The predicted molar refractivity (Wildman–Crippen MR) is 165 cm³/mol. The number of urea groups is 1. The standard InChI is InChI=1S/C33H33ClN4O6/c1-33(2,3)44-26-17-22(25(39)18-28(41)42)11-14-24(26)31-36-29(20-9-12-23(34)13-10-20)30(21-7-5-4-6-8-21)38(31)32(43)37-16-15-35-27(40)19-37/h4-14,17,29-30H,15-16,18-19H2,1-3H3,(H,35,40)(H,41,42). The van der Waals surface area contributed by atoms with Gasteiger partial charge < -0.3 is 20.1 Å². The first-order chi connectivity index (χ1) is 20.9. The first kappa shape index (κ1) is 30.7. The highest BCUT2D eigenvalue weighted by molar-refractivity contribution is 6.30. The number of benzene rings is 3. The van der Waals surface area contributed by atoms with Crippen LogP contribution in [0.2, 0.25) is 5.02 Å². The van der Waals surface area contributed by atoms with Gasteiger partial charge in [0.05, 0.1) is 11.6 Å². The van der Waals surface area contributed by atoms with Crippen LogP contribution in [-0.4, -0.2) is 69.7 Å². The number of rotatable bonds is 7. The summed E-state index contributed by atoms with van der Waals surface area (Å²) in [6.45, 7) is 6.06. The van der Waals surface area contributed by atoms with Crippen LogP contribution >= 0.6 is 11.6 Å². The van der Waals surface area contributed by atoms with E-state index in [0.717, 1.165) is 11.1 Å². The fourth-order valence-electron chi connectivity index (χ4n) is 5.33. The maximum absolute atomic E-state index is 14.4. The van der Waals surface area contributed by atoms with Crippen LogP contribution in [0.5, 0.6) is 5.75 Å². The Morgan fingerprint density at radius 3 is 2.36 bits per heavy atom. The van der Waals surface area contributed by atoms with Crippen molar-refractivity contribution in [1.82, 2.24) is 15.1 Å². The second-order valence-corrected chi connectivity index (χ2v) is 12.1. The number of carbonyl (C=O) groups is 4. The number of ether oxygens (including phenoxy) is 1. The van der Waals surface area contributed by atoms with Crippen molar-refractivity contribution in [3.8, 4) is 5.75 Å². The largest absolute Gasteiger partial charge is 0.487 e. The summed E-state index contributed by atoms with van der Waals surface area (Å²) in [7, 11) is 0. The lowest BCUT2D eigenvalue weighted by Gasteiger charge is -2.36. The molecule has 0 aromatic heterocycles. The molecule has 0 aliphatic carbocycles. The van der Waals surface area contributed by atoms with E-state index in [2.05, 4.69) is 5.32 Å². The fraction of sp³-hybridized carbons (Fsp3) is 0.303. The van der Waals surface area contributed by atoms with Crippen molar-refractivity contribution in [2.45, 2.75) is 44.9 Å². The van der Waals surface area contributed by atoms with E-state index in [9.17, 15) is 24.3 Å². The van der Waals surface area contributed by atoms with Crippen molar-refractivity contribution in [3.63, 3.8) is 0 Å². The van der Waals surface area contributed by atoms with E-state index in [1.807, 2.05) is 63.2 Å². The van der Waals surface area contributed by atoms with Crippen LogP contribution in [0.15, 0.2) is 77.8 Å². The number of Topliss-reactive ketones (excluding diaryl/α,β-unsaturated/α-hetero) is 1. The Hall–Kier alpha value is -4.70. The van der Waals surface area contributed by atoms with E-state index in [4.69, 9.17) is 21.3 Å². The summed E-state index contributed by atoms with van der Waals surface area (Å²) < 4.78 is 6.32. The number of carboxylic acids is 1. The van der Waals surface area contributed by atoms with E-state index in [1.165, 1.54) is 17.0 Å². The summed E-state index contributed by atoms with van der Waals surface area (Å²) in [6.07, 6.45) is -0.675. The molecule has 2 aliphatic heterocycles. The van der Waals surface area contributed by atoms with Crippen molar-refractivity contribution in [3.05, 3.63) is 100 Å². The second-order valence-electron chi connectivity index (χ2n) is 11.6. The van der Waals surface area contributed by atoms with Gasteiger partial charge in [-0.2, -0.15) is 0 Å². The molecular formula is C33H33ClN4O6. The highest BCUT2D eigenvalue weighted by Crippen LogP contribution is 2.45. The number of halogens is 1. The lowest BCUT2D eigenvalue weighted by molar-refractivity contribution is -0.136. The lowest BCUT2D eigenvalue weighted by Crippen LogP contribution is -2.55. The number of amides is 3. The average molecular weight is 617 g/mol. The molecule has 1 fully saturated rings. The van der Waals surface area contributed by atoms with E-state index in [0.29, 0.717) is 29.5 Å². The minimum atomic E-state index is -1.24. The summed E-state index contributed by atoms with van der Waals surface area (Å²) >= 11 is 6.22. The molecule has 2 heterocycles. The number of hydrogen-bond acceptors (Lipinski definition) is 6. The normalized spacial score (nSPS) is 18.5. The molecule has 228 valence electrons. The van der Waals surface area contributed by atoms with Gasteiger partial charge in [0.25, 0.3) is 0 Å². The molecule has 2 N–H and O–H groups in total. The third kappa shape index (κ3) is 6.75. The topological polar surface area (TPSA) is 129 Å². The third-order valence-corrected chi connectivity index (χ3v) is 7.46. The summed E-state index contributed by atoms with van der Waals surface area (Å²) in [4.78, 5) is 59.0. The zero-order valence-corrected chi connectivity index (χ0v) is 25.4. The molecule has 0 radical (unpaired) electrons. The van der Waals surface area contributed by atoms with Crippen molar-refractivity contribution in [2.75, 3.05) is 19.6 Å². The maximum Gasteiger partial charge on any atom is 0.326 e. The van der Waals surface area contributed by atoms with Gasteiger partial charge in [-0.25, -0.2) is 4.79 Å². The third-order valence-electron chi connectivity index (χ3n) is 7.21. The summed E-state index contributed by atoms with van der Waals surface area (Å²) in [5, 5.41) is 12.5. The zero-order chi connectivity index (χ0) is 31.6. The van der Waals surface area contributed by atoms with Crippen LogP contribution in [0.3, 0.4) is 0 Å². The molecule has 44 heavy (non-hydrogen) atoms. The highest BCUT2D eigenvalue weighted by atomic mass is 35.5. The van der Waals surface area contributed by atoms with Crippen LogP contribution in [0.1, 0.15) is 66.3 Å². The van der Waals surface area contributed by atoms with Crippen LogP contribution in [0.4, 0.5) is 4.79 Å². The molecule has 0 bridgehead atoms. The monoisotopic (exact) mass is 616 g/mol. The van der Waals surface area contributed by atoms with Gasteiger partial charge in [-0.05, 0) is 56.2 Å².